The average molecular weight is 1130 g/mol. The van der Waals surface area contributed by atoms with Crippen molar-refractivity contribution in [3.05, 3.63) is 278 Å². The standard InChI is InChI=1S/C75H46F3N9/c1-46-19-18-30-62(75(76,77)78)68(46)57-37-36-54(86-63-31-16-14-28-55(63)60-42-52(34-39-65(60)86)73-82-69(48-20-6-2-7-21-48)80-70(83-73)49-22-8-3-9-23-49)44-58(57)59-41-47(45-79)33-38-66(59)87-64-32-17-15-29-56(64)61-43-53(35-40-67(61)87)74-84-71(50-24-10-4-11-25-50)81-72(85-74)51-26-12-5-13-27-51/h2-44H,1H3. The summed E-state index contributed by atoms with van der Waals surface area (Å²) in [5.74, 6) is 3.13. The molecule has 0 saturated carbocycles. The second kappa shape index (κ2) is 21.2. The largest absolute Gasteiger partial charge is 0.417 e. The first-order chi connectivity index (χ1) is 42.6. The molecule has 9 nitrogen and oxygen atoms in total. The molecular weight excluding hydrogens is 1080 g/mol. The molecule has 412 valence electrons. The monoisotopic (exact) mass is 1130 g/mol. The number of benzene rings is 11. The highest BCUT2D eigenvalue weighted by atomic mass is 19.4. The van der Waals surface area contributed by atoms with Crippen LogP contribution in [0.1, 0.15) is 16.7 Å². The number of rotatable bonds is 10. The lowest BCUT2D eigenvalue weighted by Crippen LogP contribution is -2.09. The predicted octanol–water partition coefficient (Wildman–Crippen LogP) is 18.8. The molecule has 0 aliphatic rings. The van der Waals surface area contributed by atoms with Crippen molar-refractivity contribution in [1.82, 2.24) is 39.0 Å². The lowest BCUT2D eigenvalue weighted by atomic mass is 9.87. The molecule has 0 spiro atoms. The van der Waals surface area contributed by atoms with Crippen molar-refractivity contribution in [2.45, 2.75) is 13.1 Å². The average Bonchev–Trinajstić information content (AvgIpc) is 1.89. The first kappa shape index (κ1) is 52.1. The van der Waals surface area contributed by atoms with E-state index in [4.69, 9.17) is 29.9 Å². The zero-order valence-corrected chi connectivity index (χ0v) is 46.5. The first-order valence-corrected chi connectivity index (χ1v) is 28.3. The van der Waals surface area contributed by atoms with Crippen LogP contribution in [0.3, 0.4) is 0 Å². The lowest BCUT2D eigenvalue weighted by molar-refractivity contribution is -0.137. The van der Waals surface area contributed by atoms with E-state index in [2.05, 4.69) is 39.5 Å². The smallest absolute Gasteiger partial charge is 0.309 e. The topological polar surface area (TPSA) is 111 Å². The van der Waals surface area contributed by atoms with Crippen LogP contribution in [0.2, 0.25) is 0 Å². The summed E-state index contributed by atoms with van der Waals surface area (Å²) >= 11 is 0. The Balaban J connectivity index is 0.945. The molecule has 0 bridgehead atoms. The highest BCUT2D eigenvalue weighted by Crippen LogP contribution is 2.47. The number of hydrogen-bond acceptors (Lipinski definition) is 7. The maximum absolute atomic E-state index is 15.5. The molecule has 0 fully saturated rings. The zero-order chi connectivity index (χ0) is 58.8. The molecule has 4 heterocycles. The summed E-state index contributed by atoms with van der Waals surface area (Å²) in [5.41, 5.74) is 11.1. The molecular formula is C75H46F3N9. The van der Waals surface area contributed by atoms with Crippen LogP contribution in [0.5, 0.6) is 0 Å². The quantitative estimate of drug-likeness (QED) is 0.134. The van der Waals surface area contributed by atoms with Crippen molar-refractivity contribution in [1.29, 1.82) is 5.26 Å². The summed E-state index contributed by atoms with van der Waals surface area (Å²) in [7, 11) is 0. The molecule has 12 heteroatoms. The number of para-hydroxylation sites is 2. The van der Waals surface area contributed by atoms with Crippen LogP contribution >= 0.6 is 0 Å². The molecule has 11 aromatic carbocycles. The molecule has 0 saturated heterocycles. The number of nitriles is 1. The number of fused-ring (bicyclic) bond motifs is 6. The van der Waals surface area contributed by atoms with Gasteiger partial charge in [-0.05, 0) is 114 Å². The van der Waals surface area contributed by atoms with E-state index < -0.39 is 11.7 Å². The molecule has 0 radical (unpaired) electrons. The van der Waals surface area contributed by atoms with E-state index >= 15 is 13.2 Å². The molecule has 0 N–H and O–H groups in total. The van der Waals surface area contributed by atoms with Gasteiger partial charge >= 0.3 is 6.18 Å². The molecule has 15 rings (SSSR count). The minimum atomic E-state index is -4.70. The second-order valence-electron chi connectivity index (χ2n) is 21.3. The molecule has 0 aliphatic heterocycles. The number of halogens is 3. The molecule has 4 aromatic heterocycles. The van der Waals surface area contributed by atoms with E-state index in [9.17, 15) is 5.26 Å². The molecule has 0 aliphatic carbocycles. The van der Waals surface area contributed by atoms with Crippen LogP contribution < -0.4 is 0 Å². The van der Waals surface area contributed by atoms with Crippen LogP contribution in [0, 0.1) is 18.3 Å². The molecule has 87 heavy (non-hydrogen) atoms. The van der Waals surface area contributed by atoms with Crippen LogP contribution in [0.25, 0.3) is 146 Å². The Labute approximate surface area is 497 Å². The second-order valence-corrected chi connectivity index (χ2v) is 21.3. The van der Waals surface area contributed by atoms with Gasteiger partial charge in [0.2, 0.25) is 0 Å². The molecule has 0 atom stereocenters. The highest BCUT2D eigenvalue weighted by molar-refractivity contribution is 6.12. The molecule has 0 unspecified atom stereocenters. The number of hydrogen-bond donors (Lipinski definition) is 0. The van der Waals surface area contributed by atoms with Gasteiger partial charge in [0, 0.05) is 66.2 Å². The Kier molecular flexibility index (Phi) is 12.7. The number of aromatic nitrogens is 8. The van der Waals surface area contributed by atoms with Crippen LogP contribution in [-0.2, 0) is 6.18 Å². The summed E-state index contributed by atoms with van der Waals surface area (Å²) in [4.78, 5) is 30.1. The van der Waals surface area contributed by atoms with Gasteiger partial charge in [-0.25, -0.2) is 29.9 Å². The lowest BCUT2D eigenvalue weighted by Gasteiger charge is -2.22. The van der Waals surface area contributed by atoms with E-state index in [1.807, 2.05) is 200 Å². The Hall–Kier alpha value is -11.7. The third kappa shape index (κ3) is 9.31. The van der Waals surface area contributed by atoms with Gasteiger partial charge in [0.25, 0.3) is 0 Å². The Morgan fingerprint density at radius 3 is 1.24 bits per heavy atom. The van der Waals surface area contributed by atoms with Crippen LogP contribution in [0.4, 0.5) is 13.2 Å². The van der Waals surface area contributed by atoms with Crippen LogP contribution in [0.15, 0.2) is 261 Å². The minimum Gasteiger partial charge on any atom is -0.309 e. The van der Waals surface area contributed by atoms with Crippen molar-refractivity contribution in [2.75, 3.05) is 0 Å². The van der Waals surface area contributed by atoms with Crippen molar-refractivity contribution >= 4 is 43.6 Å². The number of aryl methyl sites for hydroxylation is 1. The Morgan fingerprint density at radius 2 is 0.770 bits per heavy atom. The number of nitrogens with zero attached hydrogens (tertiary/aromatic N) is 9. The maximum Gasteiger partial charge on any atom is 0.417 e. The van der Waals surface area contributed by atoms with Gasteiger partial charge in [0.1, 0.15) is 0 Å². The minimum absolute atomic E-state index is 0.0442. The summed E-state index contributed by atoms with van der Waals surface area (Å²) in [6.45, 7) is 1.71. The van der Waals surface area contributed by atoms with E-state index in [1.165, 1.54) is 6.07 Å². The number of alkyl halides is 3. The van der Waals surface area contributed by atoms with E-state index in [1.54, 1.807) is 31.2 Å². The van der Waals surface area contributed by atoms with Gasteiger partial charge in [-0.2, -0.15) is 18.4 Å². The normalized spacial score (nSPS) is 11.7. The van der Waals surface area contributed by atoms with E-state index in [0.717, 1.165) is 83.1 Å². The fourth-order valence-corrected chi connectivity index (χ4v) is 12.0. The van der Waals surface area contributed by atoms with Gasteiger partial charge in [0.15, 0.2) is 34.9 Å². The summed E-state index contributed by atoms with van der Waals surface area (Å²) < 4.78 is 50.9. The summed E-state index contributed by atoms with van der Waals surface area (Å²) in [6, 6.07) is 85.5. The summed E-state index contributed by atoms with van der Waals surface area (Å²) in [5, 5.41) is 14.4. The van der Waals surface area contributed by atoms with Crippen molar-refractivity contribution in [3.63, 3.8) is 0 Å². The first-order valence-electron chi connectivity index (χ1n) is 28.3. The predicted molar refractivity (Wildman–Crippen MR) is 340 cm³/mol. The summed E-state index contributed by atoms with van der Waals surface area (Å²) in [6.07, 6.45) is -4.70. The Morgan fingerprint density at radius 1 is 0.345 bits per heavy atom. The maximum atomic E-state index is 15.5. The van der Waals surface area contributed by atoms with Gasteiger partial charge in [-0.15, -0.1) is 0 Å². The van der Waals surface area contributed by atoms with E-state index in [0.29, 0.717) is 74.1 Å². The van der Waals surface area contributed by atoms with Crippen molar-refractivity contribution in [2.24, 2.45) is 0 Å². The van der Waals surface area contributed by atoms with Gasteiger partial charge < -0.3 is 9.13 Å². The van der Waals surface area contributed by atoms with Gasteiger partial charge in [-0.1, -0.05) is 176 Å². The third-order valence-electron chi connectivity index (χ3n) is 16.0. The van der Waals surface area contributed by atoms with E-state index in [-0.39, 0.29) is 5.56 Å². The Bertz CT molecular complexity index is 5110. The third-order valence-corrected chi connectivity index (χ3v) is 16.0. The van der Waals surface area contributed by atoms with Gasteiger partial charge in [0.05, 0.1) is 45.0 Å². The van der Waals surface area contributed by atoms with Crippen molar-refractivity contribution in [3.8, 4) is 108 Å². The fraction of sp³-hybridized carbons (Fsp3) is 0.0267. The van der Waals surface area contributed by atoms with Crippen molar-refractivity contribution < 1.29 is 13.2 Å². The molecule has 15 aromatic rings. The zero-order valence-electron chi connectivity index (χ0n) is 46.5. The highest BCUT2D eigenvalue weighted by Gasteiger charge is 2.35. The SMILES string of the molecule is Cc1cccc(C(F)(F)F)c1-c1ccc(-n2c3ccccc3c3cc(-c4nc(-c5ccccc5)nc(-c5ccccc5)n4)ccc32)cc1-c1cc(C#N)ccc1-n1c2ccccc2c2cc(-c3nc(-c4ccccc4)nc(-c4ccccc4)n3)ccc21. The van der Waals surface area contributed by atoms with Crippen LogP contribution in [-0.4, -0.2) is 39.0 Å². The van der Waals surface area contributed by atoms with Gasteiger partial charge in [-0.3, -0.25) is 0 Å². The molecule has 0 amide bonds. The fourth-order valence-electron chi connectivity index (χ4n) is 12.0.